The Kier molecular flexibility index (Phi) is 3.22. The predicted octanol–water partition coefficient (Wildman–Crippen LogP) is 3.48. The zero-order chi connectivity index (χ0) is 10.8. The molecule has 1 nitrogen and oxygen atoms in total. The van der Waals surface area contributed by atoms with Gasteiger partial charge in [-0.2, -0.15) is 0 Å². The van der Waals surface area contributed by atoms with Crippen molar-refractivity contribution < 1.29 is 4.39 Å². The second-order valence-electron chi connectivity index (χ2n) is 3.97. The Labute approximate surface area is 97.3 Å². The molecule has 1 fully saturated rings. The number of hydrogen-bond acceptors (Lipinski definition) is 1. The molecule has 0 saturated heterocycles. The minimum Gasteiger partial charge on any atom is -0.327 e. The van der Waals surface area contributed by atoms with Gasteiger partial charge in [-0.25, -0.2) is 4.39 Å². The van der Waals surface area contributed by atoms with Gasteiger partial charge in [0.1, 0.15) is 5.82 Å². The molecule has 80 valence electrons. The highest BCUT2D eigenvalue weighted by atomic mass is 79.9. The first-order valence-electron chi connectivity index (χ1n) is 5.05. The number of halogens is 2. The van der Waals surface area contributed by atoms with Crippen molar-refractivity contribution in [2.24, 2.45) is 5.73 Å². The fourth-order valence-electron chi connectivity index (χ4n) is 1.88. The molecule has 1 saturated carbocycles. The number of nitrogens with two attached hydrogens (primary N) is 1. The first kappa shape index (κ1) is 10.8. The van der Waals surface area contributed by atoms with Crippen LogP contribution in [0.25, 0.3) is 6.08 Å². The molecule has 1 aromatic rings. The number of benzene rings is 1. The van der Waals surface area contributed by atoms with Crippen molar-refractivity contribution in [2.45, 2.75) is 25.3 Å². The van der Waals surface area contributed by atoms with Crippen LogP contribution in [0.15, 0.2) is 28.2 Å². The fourth-order valence-corrected chi connectivity index (χ4v) is 2.21. The molecule has 0 bridgehead atoms. The molecule has 2 N–H and O–H groups in total. The van der Waals surface area contributed by atoms with E-state index in [0.29, 0.717) is 5.56 Å². The Hall–Kier alpha value is -0.670. The topological polar surface area (TPSA) is 26.0 Å². The first-order chi connectivity index (χ1) is 7.15. The molecule has 15 heavy (non-hydrogen) atoms. The van der Waals surface area contributed by atoms with Gasteiger partial charge in [-0.15, -0.1) is 0 Å². The van der Waals surface area contributed by atoms with E-state index in [1.807, 2.05) is 12.1 Å². The van der Waals surface area contributed by atoms with Crippen molar-refractivity contribution in [1.82, 2.24) is 0 Å². The molecule has 0 heterocycles. The lowest BCUT2D eigenvalue weighted by atomic mass is 10.1. The van der Waals surface area contributed by atoms with Crippen molar-refractivity contribution in [1.29, 1.82) is 0 Å². The summed E-state index contributed by atoms with van der Waals surface area (Å²) >= 11 is 3.24. The molecular weight excluding hydrogens is 257 g/mol. The summed E-state index contributed by atoms with van der Waals surface area (Å²) < 4.78 is 14.3. The van der Waals surface area contributed by atoms with E-state index in [9.17, 15) is 4.39 Å². The van der Waals surface area contributed by atoms with Crippen LogP contribution < -0.4 is 5.73 Å². The second kappa shape index (κ2) is 4.45. The Morgan fingerprint density at radius 1 is 1.47 bits per heavy atom. The van der Waals surface area contributed by atoms with Crippen LogP contribution in [0.3, 0.4) is 0 Å². The summed E-state index contributed by atoms with van der Waals surface area (Å²) in [5, 5.41) is 0. The van der Waals surface area contributed by atoms with E-state index in [1.165, 1.54) is 11.6 Å². The van der Waals surface area contributed by atoms with Gasteiger partial charge in [0, 0.05) is 16.1 Å². The summed E-state index contributed by atoms with van der Waals surface area (Å²) in [6, 6.07) is 5.39. The van der Waals surface area contributed by atoms with E-state index in [0.717, 1.165) is 23.7 Å². The third-order valence-electron chi connectivity index (χ3n) is 2.68. The van der Waals surface area contributed by atoms with Gasteiger partial charge in [0.25, 0.3) is 0 Å². The van der Waals surface area contributed by atoms with Crippen molar-refractivity contribution >= 4 is 22.0 Å². The lowest BCUT2D eigenvalue weighted by molar-refractivity contribution is 0.624. The maximum absolute atomic E-state index is 13.5. The molecule has 0 amide bonds. The van der Waals surface area contributed by atoms with Crippen molar-refractivity contribution in [3.8, 4) is 0 Å². The summed E-state index contributed by atoms with van der Waals surface area (Å²) in [6.07, 6.45) is 4.84. The molecular formula is C12H13BrFN. The van der Waals surface area contributed by atoms with Gasteiger partial charge >= 0.3 is 0 Å². The van der Waals surface area contributed by atoms with Crippen LogP contribution >= 0.6 is 15.9 Å². The standard InChI is InChI=1S/C12H13BrFN/c13-10-3-2-9(12(14)7-10)5-8-1-4-11(15)6-8/h2-3,5,7,11H,1,4,6,15H2. The maximum atomic E-state index is 13.5. The van der Waals surface area contributed by atoms with Gasteiger partial charge in [-0.1, -0.05) is 33.6 Å². The summed E-state index contributed by atoms with van der Waals surface area (Å²) in [4.78, 5) is 0. The van der Waals surface area contributed by atoms with Crippen LogP contribution in [-0.4, -0.2) is 6.04 Å². The zero-order valence-corrected chi connectivity index (χ0v) is 9.93. The molecule has 1 aliphatic carbocycles. The summed E-state index contributed by atoms with van der Waals surface area (Å²) in [5.74, 6) is -0.183. The third kappa shape index (κ3) is 2.67. The van der Waals surface area contributed by atoms with Gasteiger partial charge in [-0.3, -0.25) is 0 Å². The molecule has 0 aliphatic heterocycles. The monoisotopic (exact) mass is 269 g/mol. The second-order valence-corrected chi connectivity index (χ2v) is 4.89. The smallest absolute Gasteiger partial charge is 0.131 e. The minimum absolute atomic E-state index is 0.183. The van der Waals surface area contributed by atoms with Crippen LogP contribution in [0.2, 0.25) is 0 Å². The van der Waals surface area contributed by atoms with Crippen LogP contribution in [0.1, 0.15) is 24.8 Å². The Morgan fingerprint density at radius 2 is 2.27 bits per heavy atom. The summed E-state index contributed by atoms with van der Waals surface area (Å²) in [7, 11) is 0. The zero-order valence-electron chi connectivity index (χ0n) is 8.34. The molecule has 1 atom stereocenters. The van der Waals surface area contributed by atoms with Gasteiger partial charge in [0.05, 0.1) is 0 Å². The Morgan fingerprint density at radius 3 is 2.87 bits per heavy atom. The van der Waals surface area contributed by atoms with E-state index in [4.69, 9.17) is 5.73 Å². The molecule has 0 radical (unpaired) electrons. The van der Waals surface area contributed by atoms with Gasteiger partial charge in [-0.05, 0) is 31.4 Å². The van der Waals surface area contributed by atoms with E-state index in [1.54, 1.807) is 6.07 Å². The number of hydrogen-bond donors (Lipinski definition) is 1. The first-order valence-corrected chi connectivity index (χ1v) is 5.84. The lowest BCUT2D eigenvalue weighted by Crippen LogP contribution is -2.13. The predicted molar refractivity (Wildman–Crippen MR) is 63.9 cm³/mol. The molecule has 1 aromatic carbocycles. The largest absolute Gasteiger partial charge is 0.327 e. The highest BCUT2D eigenvalue weighted by Gasteiger charge is 2.15. The average molecular weight is 270 g/mol. The van der Waals surface area contributed by atoms with E-state index < -0.39 is 0 Å². The fraction of sp³-hybridized carbons (Fsp3) is 0.333. The van der Waals surface area contributed by atoms with Crippen LogP contribution in [-0.2, 0) is 0 Å². The third-order valence-corrected chi connectivity index (χ3v) is 3.18. The van der Waals surface area contributed by atoms with E-state index in [2.05, 4.69) is 15.9 Å². The Bertz CT molecular complexity index is 401. The van der Waals surface area contributed by atoms with Crippen LogP contribution in [0, 0.1) is 5.82 Å². The highest BCUT2D eigenvalue weighted by Crippen LogP contribution is 2.26. The molecule has 0 aromatic heterocycles. The van der Waals surface area contributed by atoms with Gasteiger partial charge in [0.2, 0.25) is 0 Å². The highest BCUT2D eigenvalue weighted by molar-refractivity contribution is 9.10. The summed E-state index contributed by atoms with van der Waals surface area (Å²) in [5.41, 5.74) is 7.71. The molecule has 1 unspecified atom stereocenters. The Balaban J connectivity index is 2.24. The van der Waals surface area contributed by atoms with Gasteiger partial charge < -0.3 is 5.73 Å². The molecule has 1 aliphatic rings. The molecule has 2 rings (SSSR count). The van der Waals surface area contributed by atoms with E-state index >= 15 is 0 Å². The van der Waals surface area contributed by atoms with Crippen LogP contribution in [0.5, 0.6) is 0 Å². The van der Waals surface area contributed by atoms with Crippen molar-refractivity contribution in [3.63, 3.8) is 0 Å². The normalized spacial score (nSPS) is 23.7. The van der Waals surface area contributed by atoms with Crippen molar-refractivity contribution in [2.75, 3.05) is 0 Å². The van der Waals surface area contributed by atoms with Crippen LogP contribution in [0.4, 0.5) is 4.39 Å². The molecule has 0 spiro atoms. The SMILES string of the molecule is NC1CCC(=Cc2ccc(Br)cc2F)C1. The van der Waals surface area contributed by atoms with E-state index in [-0.39, 0.29) is 11.9 Å². The quantitative estimate of drug-likeness (QED) is 0.830. The van der Waals surface area contributed by atoms with Crippen molar-refractivity contribution in [3.05, 3.63) is 39.6 Å². The maximum Gasteiger partial charge on any atom is 0.131 e. The number of rotatable bonds is 1. The minimum atomic E-state index is -0.183. The lowest BCUT2D eigenvalue weighted by Gasteiger charge is -2.01. The van der Waals surface area contributed by atoms with Gasteiger partial charge in [0.15, 0.2) is 0 Å². The molecule has 3 heteroatoms. The average Bonchev–Trinajstić information content (AvgIpc) is 2.56. The summed E-state index contributed by atoms with van der Waals surface area (Å²) in [6.45, 7) is 0.